The molecule has 1 rings (SSSR count). The molecule has 20 heavy (non-hydrogen) atoms. The minimum absolute atomic E-state index is 0.456. The molecular weight excluding hydrogens is 256 g/mol. The van der Waals surface area contributed by atoms with Crippen LogP contribution in [-0.2, 0) is 11.3 Å². The lowest BCUT2D eigenvalue weighted by molar-refractivity contribution is -0.124. The van der Waals surface area contributed by atoms with E-state index >= 15 is 0 Å². The molecule has 0 aliphatic rings. The van der Waals surface area contributed by atoms with Crippen LogP contribution in [-0.4, -0.2) is 25.7 Å². The Morgan fingerprint density at radius 1 is 1.40 bits per heavy atom. The number of carbonyl (C=O) groups excluding carboxylic acids is 1. The van der Waals surface area contributed by atoms with Gasteiger partial charge in [0.25, 0.3) is 5.91 Å². The van der Waals surface area contributed by atoms with Gasteiger partial charge in [0.1, 0.15) is 11.5 Å². The van der Waals surface area contributed by atoms with Gasteiger partial charge in [0, 0.05) is 18.2 Å². The second-order valence-electron chi connectivity index (χ2n) is 4.57. The van der Waals surface area contributed by atoms with Gasteiger partial charge in [-0.15, -0.1) is 0 Å². The molecule has 1 unspecified atom stereocenters. The van der Waals surface area contributed by atoms with E-state index in [0.29, 0.717) is 25.3 Å². The monoisotopic (exact) mass is 280 g/mol. The van der Waals surface area contributed by atoms with Crippen LogP contribution >= 0.6 is 0 Å². The van der Waals surface area contributed by atoms with Gasteiger partial charge >= 0.3 is 0 Å². The highest BCUT2D eigenvalue weighted by Gasteiger charge is 2.17. The van der Waals surface area contributed by atoms with Gasteiger partial charge in [0.15, 0.2) is 6.10 Å². The second-order valence-corrected chi connectivity index (χ2v) is 4.57. The SMILES string of the molecule is CCCOc1ccc(CNC)c(OC(CC)C(N)=O)c1. The number of nitrogens with one attached hydrogen (secondary N) is 1. The zero-order valence-corrected chi connectivity index (χ0v) is 12.4. The predicted octanol–water partition coefficient (Wildman–Crippen LogP) is 1.84. The van der Waals surface area contributed by atoms with E-state index in [4.69, 9.17) is 15.2 Å². The van der Waals surface area contributed by atoms with Crippen LogP contribution in [0.3, 0.4) is 0 Å². The molecule has 0 saturated heterocycles. The highest BCUT2D eigenvalue weighted by molar-refractivity contribution is 5.79. The minimum atomic E-state index is -0.618. The van der Waals surface area contributed by atoms with Crippen LogP contribution in [0.4, 0.5) is 0 Å². The summed E-state index contributed by atoms with van der Waals surface area (Å²) >= 11 is 0. The summed E-state index contributed by atoms with van der Waals surface area (Å²) in [5.74, 6) is 0.919. The van der Waals surface area contributed by atoms with Crippen molar-refractivity contribution in [1.29, 1.82) is 0 Å². The first-order chi connectivity index (χ1) is 9.62. The van der Waals surface area contributed by atoms with Crippen LogP contribution in [0.15, 0.2) is 18.2 Å². The van der Waals surface area contributed by atoms with Crippen LogP contribution < -0.4 is 20.5 Å². The van der Waals surface area contributed by atoms with Crippen LogP contribution in [0.5, 0.6) is 11.5 Å². The fourth-order valence-corrected chi connectivity index (χ4v) is 1.79. The topological polar surface area (TPSA) is 73.6 Å². The molecule has 0 aliphatic carbocycles. The third-order valence-corrected chi connectivity index (χ3v) is 2.84. The summed E-state index contributed by atoms with van der Waals surface area (Å²) in [4.78, 5) is 11.3. The Kier molecular flexibility index (Phi) is 6.87. The molecule has 0 spiro atoms. The number of rotatable bonds is 9. The van der Waals surface area contributed by atoms with Gasteiger partial charge in [0.05, 0.1) is 6.61 Å². The van der Waals surface area contributed by atoms with Crippen LogP contribution in [0.2, 0.25) is 0 Å². The quantitative estimate of drug-likeness (QED) is 0.724. The lowest BCUT2D eigenvalue weighted by Gasteiger charge is -2.18. The molecular formula is C15H24N2O3. The molecule has 0 fully saturated rings. The Hall–Kier alpha value is -1.75. The summed E-state index contributed by atoms with van der Waals surface area (Å²) in [6.45, 7) is 5.22. The van der Waals surface area contributed by atoms with Gasteiger partial charge in [-0.1, -0.05) is 19.9 Å². The number of primary amides is 1. The molecule has 1 amide bonds. The molecule has 1 atom stereocenters. The first kappa shape index (κ1) is 16.3. The van der Waals surface area contributed by atoms with E-state index in [0.717, 1.165) is 17.7 Å². The van der Waals surface area contributed by atoms with E-state index in [-0.39, 0.29) is 0 Å². The van der Waals surface area contributed by atoms with Crippen molar-refractivity contribution in [2.75, 3.05) is 13.7 Å². The number of hydrogen-bond acceptors (Lipinski definition) is 4. The van der Waals surface area contributed by atoms with Crippen molar-refractivity contribution in [2.45, 2.75) is 39.3 Å². The average Bonchev–Trinajstić information content (AvgIpc) is 2.44. The van der Waals surface area contributed by atoms with Gasteiger partial charge in [-0.2, -0.15) is 0 Å². The highest BCUT2D eigenvalue weighted by atomic mass is 16.5. The Morgan fingerprint density at radius 3 is 2.70 bits per heavy atom. The summed E-state index contributed by atoms with van der Waals surface area (Å²) in [7, 11) is 1.86. The number of benzene rings is 1. The summed E-state index contributed by atoms with van der Waals surface area (Å²) in [5.41, 5.74) is 6.30. The predicted molar refractivity (Wildman–Crippen MR) is 78.9 cm³/mol. The Bertz CT molecular complexity index is 435. The van der Waals surface area contributed by atoms with Crippen molar-refractivity contribution in [1.82, 2.24) is 5.32 Å². The second kappa shape index (κ2) is 8.43. The van der Waals surface area contributed by atoms with Crippen LogP contribution in [0.25, 0.3) is 0 Å². The fourth-order valence-electron chi connectivity index (χ4n) is 1.79. The Balaban J connectivity index is 2.95. The van der Waals surface area contributed by atoms with Crippen molar-refractivity contribution in [2.24, 2.45) is 5.73 Å². The largest absolute Gasteiger partial charge is 0.493 e. The van der Waals surface area contributed by atoms with E-state index in [9.17, 15) is 4.79 Å². The molecule has 0 radical (unpaired) electrons. The molecule has 3 N–H and O–H groups in total. The summed E-state index contributed by atoms with van der Waals surface area (Å²) in [6, 6.07) is 5.65. The minimum Gasteiger partial charge on any atom is -0.493 e. The normalized spacial score (nSPS) is 11.9. The lowest BCUT2D eigenvalue weighted by Crippen LogP contribution is -2.33. The Labute approximate surface area is 120 Å². The van der Waals surface area contributed by atoms with Gasteiger partial charge in [-0.05, 0) is 26.0 Å². The number of nitrogens with two attached hydrogens (primary N) is 1. The van der Waals surface area contributed by atoms with E-state index in [1.807, 2.05) is 39.1 Å². The van der Waals surface area contributed by atoms with Gasteiger partial charge < -0.3 is 20.5 Å². The van der Waals surface area contributed by atoms with E-state index in [1.165, 1.54) is 0 Å². The van der Waals surface area contributed by atoms with Gasteiger partial charge in [-0.25, -0.2) is 0 Å². The lowest BCUT2D eigenvalue weighted by atomic mass is 10.1. The van der Waals surface area contributed by atoms with Crippen molar-refractivity contribution >= 4 is 5.91 Å². The molecule has 5 heteroatoms. The molecule has 0 bridgehead atoms. The van der Waals surface area contributed by atoms with Crippen molar-refractivity contribution in [3.8, 4) is 11.5 Å². The van der Waals surface area contributed by atoms with Crippen molar-refractivity contribution in [3.63, 3.8) is 0 Å². The molecule has 0 aliphatic heterocycles. The number of hydrogen-bond donors (Lipinski definition) is 2. The summed E-state index contributed by atoms with van der Waals surface area (Å²) in [5, 5.41) is 3.07. The van der Waals surface area contributed by atoms with E-state index < -0.39 is 12.0 Å². The molecule has 112 valence electrons. The first-order valence-corrected chi connectivity index (χ1v) is 6.98. The summed E-state index contributed by atoms with van der Waals surface area (Å²) in [6.07, 6.45) is 0.855. The Morgan fingerprint density at radius 2 is 2.15 bits per heavy atom. The molecule has 0 saturated carbocycles. The van der Waals surface area contributed by atoms with E-state index in [2.05, 4.69) is 5.32 Å². The third kappa shape index (κ3) is 4.74. The van der Waals surface area contributed by atoms with Crippen molar-refractivity contribution < 1.29 is 14.3 Å². The maximum absolute atomic E-state index is 11.3. The molecule has 0 heterocycles. The summed E-state index contributed by atoms with van der Waals surface area (Å²) < 4.78 is 11.3. The third-order valence-electron chi connectivity index (χ3n) is 2.84. The number of amides is 1. The average molecular weight is 280 g/mol. The van der Waals surface area contributed by atoms with Gasteiger partial charge in [-0.3, -0.25) is 4.79 Å². The zero-order valence-electron chi connectivity index (χ0n) is 12.4. The maximum Gasteiger partial charge on any atom is 0.258 e. The molecule has 0 aromatic heterocycles. The van der Waals surface area contributed by atoms with Gasteiger partial charge in [0.2, 0.25) is 0 Å². The maximum atomic E-state index is 11.3. The van der Waals surface area contributed by atoms with Crippen molar-refractivity contribution in [3.05, 3.63) is 23.8 Å². The highest BCUT2D eigenvalue weighted by Crippen LogP contribution is 2.26. The van der Waals surface area contributed by atoms with Crippen LogP contribution in [0.1, 0.15) is 32.3 Å². The molecule has 1 aromatic rings. The smallest absolute Gasteiger partial charge is 0.258 e. The fraction of sp³-hybridized carbons (Fsp3) is 0.533. The molecule has 5 nitrogen and oxygen atoms in total. The van der Waals surface area contributed by atoms with Crippen LogP contribution in [0, 0.1) is 0 Å². The number of carbonyl (C=O) groups is 1. The first-order valence-electron chi connectivity index (χ1n) is 6.98. The number of ether oxygens (including phenoxy) is 2. The van der Waals surface area contributed by atoms with E-state index in [1.54, 1.807) is 0 Å². The zero-order chi connectivity index (χ0) is 15.0. The molecule has 1 aromatic carbocycles. The standard InChI is InChI=1S/C15H24N2O3/c1-4-8-19-12-7-6-11(10-17-3)14(9-12)20-13(5-2)15(16)18/h6-7,9,13,17H,4-5,8,10H2,1-3H3,(H2,16,18).